The second-order valence-electron chi connectivity index (χ2n) is 16.3. The fourth-order valence-corrected chi connectivity index (χ4v) is 7.73. The van der Waals surface area contributed by atoms with Crippen molar-refractivity contribution in [2.75, 3.05) is 27.7 Å². The number of nitrogens with one attached hydrogen (secondary N) is 1. The molecule has 4 aromatic carbocycles. The van der Waals surface area contributed by atoms with E-state index in [4.69, 9.17) is 14.2 Å². The molecule has 0 saturated carbocycles. The maximum absolute atomic E-state index is 15.0. The van der Waals surface area contributed by atoms with Crippen LogP contribution >= 0.6 is 0 Å². The van der Waals surface area contributed by atoms with E-state index in [9.17, 15) is 24.0 Å². The minimum atomic E-state index is -1.07. The molecule has 12 heteroatoms. The zero-order valence-electron chi connectivity index (χ0n) is 34.7. The Hall–Kier alpha value is -6.17. The molecule has 4 amide bonds. The Morgan fingerprint density at radius 3 is 2.15 bits per heavy atom. The predicted octanol–water partition coefficient (Wildman–Crippen LogP) is 6.44. The number of aryl methyl sites for hydroxylation is 1. The van der Waals surface area contributed by atoms with Crippen molar-refractivity contribution in [2.45, 2.75) is 89.8 Å². The number of fused-ring (bicyclic) bond motifs is 2. The Kier molecular flexibility index (Phi) is 13.4. The van der Waals surface area contributed by atoms with Crippen LogP contribution in [-0.2, 0) is 56.3 Å². The van der Waals surface area contributed by atoms with E-state index in [0.29, 0.717) is 17.7 Å². The van der Waals surface area contributed by atoms with E-state index >= 15 is 0 Å². The van der Waals surface area contributed by atoms with Crippen LogP contribution in [0.15, 0.2) is 97.1 Å². The van der Waals surface area contributed by atoms with Gasteiger partial charge in [-0.3, -0.25) is 14.4 Å². The molecular weight excluding hydrogens is 749 g/mol. The summed E-state index contributed by atoms with van der Waals surface area (Å²) in [6.45, 7) is 5.33. The zero-order chi connectivity index (χ0) is 42.3. The molecule has 4 aromatic rings. The third-order valence-electron chi connectivity index (χ3n) is 10.8. The quantitative estimate of drug-likeness (QED) is 0.162. The summed E-state index contributed by atoms with van der Waals surface area (Å²) in [5.41, 5.74) is 5.59. The van der Waals surface area contributed by atoms with Crippen molar-refractivity contribution >= 4 is 29.8 Å². The fourth-order valence-electron chi connectivity index (χ4n) is 7.73. The van der Waals surface area contributed by atoms with Crippen molar-refractivity contribution in [3.8, 4) is 5.75 Å². The van der Waals surface area contributed by atoms with E-state index in [1.54, 1.807) is 67.0 Å². The predicted molar refractivity (Wildman–Crippen MR) is 222 cm³/mol. The first-order chi connectivity index (χ1) is 28.2. The maximum Gasteiger partial charge on any atom is 0.410 e. The molecule has 1 heterocycles. The highest BCUT2D eigenvalue weighted by Gasteiger charge is 2.41. The molecule has 0 bridgehead atoms. The van der Waals surface area contributed by atoms with E-state index in [0.717, 1.165) is 52.0 Å². The van der Waals surface area contributed by atoms with Crippen LogP contribution in [0.25, 0.3) is 0 Å². The largest absolute Gasteiger partial charge is 0.489 e. The molecule has 12 nitrogen and oxygen atoms in total. The fraction of sp³-hybridized carbons (Fsp3) is 0.383. The first kappa shape index (κ1) is 42.4. The van der Waals surface area contributed by atoms with Crippen LogP contribution < -0.4 is 10.1 Å². The van der Waals surface area contributed by atoms with Crippen molar-refractivity contribution in [2.24, 2.45) is 0 Å². The summed E-state index contributed by atoms with van der Waals surface area (Å²) in [5, 5.41) is 2.91. The average molecular weight is 803 g/mol. The molecule has 0 spiro atoms. The van der Waals surface area contributed by atoms with Crippen molar-refractivity contribution in [1.82, 2.24) is 20.0 Å². The van der Waals surface area contributed by atoms with Crippen LogP contribution in [0.5, 0.6) is 5.75 Å². The summed E-state index contributed by atoms with van der Waals surface area (Å²) in [6, 6.07) is 28.2. The molecule has 0 radical (unpaired) electrons. The summed E-state index contributed by atoms with van der Waals surface area (Å²) in [5.74, 6) is -0.945. The Bertz CT molecular complexity index is 2150. The summed E-state index contributed by atoms with van der Waals surface area (Å²) in [6.07, 6.45) is 2.51. The summed E-state index contributed by atoms with van der Waals surface area (Å²) >= 11 is 0. The standard InChI is InChI=1S/C47H54N4O8/c1-47(2,3)59-46(56)49(4)29-42(52)48-39(26-31-20-24-37(25-21-31)58-30-32-18-22-34(23-19-32)45(55)57-6)43(53)51-28-36-14-8-7-13-35(36)27-41(51)44(54)50(5)40-17-11-15-33-12-9-10-16-38(33)40/h7-10,12-14,16,18-25,39-41H,11,15,17,26-30H2,1-6H3,(H,48,52). The molecule has 1 aliphatic heterocycles. The van der Waals surface area contributed by atoms with Gasteiger partial charge in [-0.2, -0.15) is 0 Å². The van der Waals surface area contributed by atoms with E-state index in [2.05, 4.69) is 17.4 Å². The average Bonchev–Trinajstić information content (AvgIpc) is 3.23. The monoisotopic (exact) mass is 802 g/mol. The SMILES string of the molecule is COC(=O)c1ccc(COc2ccc(CC(NC(=O)CN(C)C(=O)OC(C)(C)C)C(=O)N3Cc4ccccc4CC3C(=O)N(C)C3CCCc4ccccc43)cc2)cc1. The van der Waals surface area contributed by atoms with Gasteiger partial charge in [-0.05, 0) is 97.7 Å². The van der Waals surface area contributed by atoms with Gasteiger partial charge in [0.1, 0.15) is 36.6 Å². The smallest absolute Gasteiger partial charge is 0.410 e. The molecule has 1 aliphatic carbocycles. The first-order valence-electron chi connectivity index (χ1n) is 20.0. The van der Waals surface area contributed by atoms with Crippen molar-refractivity contribution in [3.63, 3.8) is 0 Å². The highest BCUT2D eigenvalue weighted by Crippen LogP contribution is 2.35. The molecule has 3 atom stereocenters. The summed E-state index contributed by atoms with van der Waals surface area (Å²) in [7, 11) is 4.62. The second kappa shape index (κ2) is 18.6. The van der Waals surface area contributed by atoms with Crippen LogP contribution in [0.2, 0.25) is 0 Å². The van der Waals surface area contributed by atoms with Gasteiger partial charge in [0, 0.05) is 33.5 Å². The number of carbonyl (C=O) groups excluding carboxylic acids is 5. The lowest BCUT2D eigenvalue weighted by molar-refractivity contribution is -0.149. The van der Waals surface area contributed by atoms with E-state index in [-0.39, 0.29) is 38.1 Å². The molecule has 2 aliphatic rings. The number of rotatable bonds is 12. The molecule has 0 fully saturated rings. The summed E-state index contributed by atoms with van der Waals surface area (Å²) < 4.78 is 16.2. The van der Waals surface area contributed by atoms with Gasteiger partial charge >= 0.3 is 12.1 Å². The number of benzene rings is 4. The van der Waals surface area contributed by atoms with Crippen molar-refractivity contribution in [3.05, 3.63) is 136 Å². The second-order valence-corrected chi connectivity index (χ2v) is 16.3. The van der Waals surface area contributed by atoms with Gasteiger partial charge in [0.25, 0.3) is 0 Å². The van der Waals surface area contributed by atoms with E-state index in [1.165, 1.54) is 19.7 Å². The third-order valence-corrected chi connectivity index (χ3v) is 10.8. The number of hydrogen-bond donors (Lipinski definition) is 1. The number of amides is 4. The van der Waals surface area contributed by atoms with Crippen LogP contribution in [0, 0.1) is 0 Å². The number of nitrogens with zero attached hydrogens (tertiary/aromatic N) is 3. The zero-order valence-corrected chi connectivity index (χ0v) is 34.7. The van der Waals surface area contributed by atoms with Gasteiger partial charge in [0.05, 0.1) is 18.7 Å². The molecular formula is C47H54N4O8. The Morgan fingerprint density at radius 2 is 1.47 bits per heavy atom. The highest BCUT2D eigenvalue weighted by atomic mass is 16.6. The number of ether oxygens (including phenoxy) is 3. The molecule has 310 valence electrons. The Balaban J connectivity index is 1.24. The number of esters is 1. The minimum Gasteiger partial charge on any atom is -0.489 e. The van der Waals surface area contributed by atoms with Crippen LogP contribution in [-0.4, -0.2) is 89.9 Å². The summed E-state index contributed by atoms with van der Waals surface area (Å²) in [4.78, 5) is 72.4. The number of methoxy groups -OCH3 is 1. The van der Waals surface area contributed by atoms with Gasteiger partial charge in [-0.1, -0.05) is 72.8 Å². The lowest BCUT2D eigenvalue weighted by Crippen LogP contribution is -2.59. The third kappa shape index (κ3) is 10.7. The molecule has 59 heavy (non-hydrogen) atoms. The Morgan fingerprint density at radius 1 is 0.831 bits per heavy atom. The van der Waals surface area contributed by atoms with Gasteiger partial charge < -0.3 is 34.2 Å². The van der Waals surface area contributed by atoms with Crippen LogP contribution in [0.4, 0.5) is 4.79 Å². The minimum absolute atomic E-state index is 0.112. The molecule has 6 rings (SSSR count). The van der Waals surface area contributed by atoms with Crippen LogP contribution in [0.3, 0.4) is 0 Å². The molecule has 0 aromatic heterocycles. The van der Waals surface area contributed by atoms with E-state index in [1.807, 2.05) is 55.6 Å². The van der Waals surface area contributed by atoms with Crippen molar-refractivity contribution < 1.29 is 38.2 Å². The highest BCUT2D eigenvalue weighted by molar-refractivity contribution is 5.94. The van der Waals surface area contributed by atoms with Gasteiger partial charge in [-0.15, -0.1) is 0 Å². The number of likely N-dealkylation sites (N-methyl/N-ethyl adjacent to an activating group) is 2. The Labute approximate surface area is 346 Å². The maximum atomic E-state index is 15.0. The molecule has 0 saturated heterocycles. The van der Waals surface area contributed by atoms with Crippen molar-refractivity contribution in [1.29, 1.82) is 0 Å². The normalized spacial score (nSPS) is 16.4. The van der Waals surface area contributed by atoms with Gasteiger partial charge in [0.2, 0.25) is 17.7 Å². The lowest BCUT2D eigenvalue weighted by atomic mass is 9.86. The number of hydrogen-bond acceptors (Lipinski definition) is 8. The van der Waals surface area contributed by atoms with Crippen LogP contribution in [0.1, 0.15) is 83.4 Å². The van der Waals surface area contributed by atoms with Gasteiger partial charge in [-0.25, -0.2) is 9.59 Å². The molecule has 1 N–H and O–H groups in total. The van der Waals surface area contributed by atoms with Gasteiger partial charge in [0.15, 0.2) is 0 Å². The number of carbonyl (C=O) groups is 5. The van der Waals surface area contributed by atoms with E-state index < -0.39 is 41.6 Å². The molecule has 3 unspecified atom stereocenters. The lowest BCUT2D eigenvalue weighted by Gasteiger charge is -2.42. The first-order valence-corrected chi connectivity index (χ1v) is 20.0. The topological polar surface area (TPSA) is 135 Å².